The van der Waals surface area contributed by atoms with E-state index < -0.39 is 34.2 Å². The number of likely N-dealkylation sites (tertiary alicyclic amines) is 1. The number of halogens is 3. The number of hydrogen-bond donors (Lipinski definition) is 0. The van der Waals surface area contributed by atoms with Crippen LogP contribution in [0.2, 0.25) is 0 Å². The van der Waals surface area contributed by atoms with E-state index in [0.717, 1.165) is 37.3 Å². The van der Waals surface area contributed by atoms with Gasteiger partial charge in [0, 0.05) is 13.1 Å². The SMILES string of the molecule is CS(=O)(=O)N(CC(=O)N1CCCC1)c1cccc(C(F)(F)F)c1. The Hall–Kier alpha value is -1.77. The Morgan fingerprint density at radius 3 is 2.39 bits per heavy atom. The predicted molar refractivity (Wildman–Crippen MR) is 79.4 cm³/mol. The summed E-state index contributed by atoms with van der Waals surface area (Å²) in [6.07, 6.45) is -2.04. The number of carbonyl (C=O) groups is 1. The van der Waals surface area contributed by atoms with E-state index in [1.807, 2.05) is 0 Å². The Morgan fingerprint density at radius 1 is 1.26 bits per heavy atom. The number of hydrogen-bond acceptors (Lipinski definition) is 3. The third-order valence-corrected chi connectivity index (χ3v) is 4.74. The van der Waals surface area contributed by atoms with Crippen LogP contribution in [0.1, 0.15) is 18.4 Å². The molecule has 0 saturated carbocycles. The lowest BCUT2D eigenvalue weighted by atomic mass is 10.2. The second-order valence-corrected chi connectivity index (χ2v) is 7.31. The van der Waals surface area contributed by atoms with Gasteiger partial charge in [0.05, 0.1) is 17.5 Å². The lowest BCUT2D eigenvalue weighted by Crippen LogP contribution is -2.41. The van der Waals surface area contributed by atoms with Gasteiger partial charge in [-0.3, -0.25) is 9.10 Å². The lowest BCUT2D eigenvalue weighted by molar-refractivity contribution is -0.137. The fourth-order valence-corrected chi connectivity index (χ4v) is 3.27. The highest BCUT2D eigenvalue weighted by molar-refractivity contribution is 7.92. The van der Waals surface area contributed by atoms with E-state index in [1.54, 1.807) is 0 Å². The van der Waals surface area contributed by atoms with E-state index in [0.29, 0.717) is 17.4 Å². The van der Waals surface area contributed by atoms with Gasteiger partial charge in [0.2, 0.25) is 15.9 Å². The van der Waals surface area contributed by atoms with Crippen LogP contribution in [0, 0.1) is 0 Å². The maximum Gasteiger partial charge on any atom is 0.416 e. The minimum Gasteiger partial charge on any atom is -0.341 e. The summed E-state index contributed by atoms with van der Waals surface area (Å²) in [5.74, 6) is -0.412. The number of nitrogens with zero attached hydrogens (tertiary/aromatic N) is 2. The summed E-state index contributed by atoms with van der Waals surface area (Å²) in [5, 5.41) is 0. The molecule has 0 unspecified atom stereocenters. The number of carbonyl (C=O) groups excluding carboxylic acids is 1. The van der Waals surface area contributed by atoms with Gasteiger partial charge in [-0.15, -0.1) is 0 Å². The van der Waals surface area contributed by atoms with Crippen molar-refractivity contribution < 1.29 is 26.4 Å². The molecule has 1 aliphatic rings. The number of alkyl halides is 3. The summed E-state index contributed by atoms with van der Waals surface area (Å²) in [5.41, 5.74) is -1.13. The first kappa shape index (κ1) is 17.6. The Morgan fingerprint density at radius 2 is 1.87 bits per heavy atom. The van der Waals surface area contributed by atoms with Crippen molar-refractivity contribution in [2.45, 2.75) is 19.0 Å². The molecular formula is C14H17F3N2O3S. The van der Waals surface area contributed by atoms with Crippen LogP contribution in [-0.4, -0.2) is 45.1 Å². The second-order valence-electron chi connectivity index (χ2n) is 5.41. The molecule has 0 radical (unpaired) electrons. The molecule has 1 aromatic carbocycles. The van der Waals surface area contributed by atoms with Crippen molar-refractivity contribution in [3.63, 3.8) is 0 Å². The Labute approximate surface area is 132 Å². The summed E-state index contributed by atoms with van der Waals surface area (Å²) in [6, 6.07) is 3.95. The van der Waals surface area contributed by atoms with E-state index in [9.17, 15) is 26.4 Å². The van der Waals surface area contributed by atoms with Crippen LogP contribution in [0.5, 0.6) is 0 Å². The molecule has 2 rings (SSSR count). The third-order valence-electron chi connectivity index (χ3n) is 3.60. The van der Waals surface area contributed by atoms with E-state index in [4.69, 9.17) is 0 Å². The van der Waals surface area contributed by atoms with E-state index in [-0.39, 0.29) is 5.69 Å². The molecule has 1 heterocycles. The van der Waals surface area contributed by atoms with Crippen LogP contribution in [0.3, 0.4) is 0 Å². The predicted octanol–water partition coefficient (Wildman–Crippen LogP) is 2.09. The van der Waals surface area contributed by atoms with E-state index in [2.05, 4.69) is 0 Å². The molecule has 1 saturated heterocycles. The quantitative estimate of drug-likeness (QED) is 0.836. The van der Waals surface area contributed by atoms with Crippen molar-refractivity contribution in [2.24, 2.45) is 0 Å². The maximum absolute atomic E-state index is 12.8. The smallest absolute Gasteiger partial charge is 0.341 e. The molecule has 0 aliphatic carbocycles. The van der Waals surface area contributed by atoms with Gasteiger partial charge >= 0.3 is 6.18 Å². The number of benzene rings is 1. The van der Waals surface area contributed by atoms with Gasteiger partial charge in [0.15, 0.2) is 0 Å². The van der Waals surface area contributed by atoms with Crippen LogP contribution in [-0.2, 0) is 21.0 Å². The number of anilines is 1. The fourth-order valence-electron chi connectivity index (χ4n) is 2.43. The number of amides is 1. The molecule has 1 aliphatic heterocycles. The van der Waals surface area contributed by atoms with Crippen molar-refractivity contribution in [2.75, 3.05) is 30.2 Å². The topological polar surface area (TPSA) is 57.7 Å². The van der Waals surface area contributed by atoms with Crippen LogP contribution in [0.15, 0.2) is 24.3 Å². The zero-order valence-corrected chi connectivity index (χ0v) is 13.3. The first-order valence-electron chi connectivity index (χ1n) is 7.02. The van der Waals surface area contributed by atoms with Gasteiger partial charge in [-0.05, 0) is 31.0 Å². The van der Waals surface area contributed by atoms with Crippen molar-refractivity contribution in [1.82, 2.24) is 4.90 Å². The largest absolute Gasteiger partial charge is 0.416 e. The van der Waals surface area contributed by atoms with Crippen molar-refractivity contribution >= 4 is 21.6 Å². The average Bonchev–Trinajstić information content (AvgIpc) is 2.96. The summed E-state index contributed by atoms with van der Waals surface area (Å²) in [4.78, 5) is 13.7. The molecule has 1 aromatic rings. The molecule has 0 N–H and O–H groups in total. The molecular weight excluding hydrogens is 333 g/mol. The zero-order valence-electron chi connectivity index (χ0n) is 12.5. The van der Waals surface area contributed by atoms with Gasteiger partial charge in [0.25, 0.3) is 0 Å². The second kappa shape index (κ2) is 6.38. The molecule has 1 fully saturated rings. The van der Waals surface area contributed by atoms with E-state index in [1.165, 1.54) is 11.0 Å². The van der Waals surface area contributed by atoms with Gasteiger partial charge < -0.3 is 4.90 Å². The van der Waals surface area contributed by atoms with Crippen LogP contribution in [0.4, 0.5) is 18.9 Å². The van der Waals surface area contributed by atoms with Gasteiger partial charge in [0.1, 0.15) is 6.54 Å². The molecule has 1 amide bonds. The summed E-state index contributed by atoms with van der Waals surface area (Å²) in [7, 11) is -3.89. The molecule has 5 nitrogen and oxygen atoms in total. The van der Waals surface area contributed by atoms with Crippen LogP contribution in [0.25, 0.3) is 0 Å². The minimum atomic E-state index is -4.59. The van der Waals surface area contributed by atoms with Crippen LogP contribution >= 0.6 is 0 Å². The van der Waals surface area contributed by atoms with Crippen molar-refractivity contribution in [3.8, 4) is 0 Å². The first-order chi connectivity index (χ1) is 10.6. The molecule has 128 valence electrons. The molecule has 0 spiro atoms. The normalized spacial score (nSPS) is 15.7. The highest BCUT2D eigenvalue weighted by Crippen LogP contribution is 2.32. The Kier molecular flexibility index (Phi) is 4.88. The van der Waals surface area contributed by atoms with E-state index >= 15 is 0 Å². The Bertz CT molecular complexity index is 683. The van der Waals surface area contributed by atoms with Crippen molar-refractivity contribution in [3.05, 3.63) is 29.8 Å². The first-order valence-corrected chi connectivity index (χ1v) is 8.86. The fraction of sp³-hybridized carbons (Fsp3) is 0.500. The monoisotopic (exact) mass is 350 g/mol. The maximum atomic E-state index is 12.8. The summed E-state index contributed by atoms with van der Waals surface area (Å²) < 4.78 is 62.9. The van der Waals surface area contributed by atoms with Gasteiger partial charge in [-0.2, -0.15) is 13.2 Å². The lowest BCUT2D eigenvalue weighted by Gasteiger charge is -2.25. The third kappa shape index (κ3) is 4.37. The molecule has 23 heavy (non-hydrogen) atoms. The highest BCUT2D eigenvalue weighted by Gasteiger charge is 2.32. The molecule has 0 bridgehead atoms. The van der Waals surface area contributed by atoms with Crippen LogP contribution < -0.4 is 4.31 Å². The standard InChI is InChI=1S/C14H17F3N2O3S/c1-23(21,22)19(10-13(20)18-7-2-3-8-18)12-6-4-5-11(9-12)14(15,16)17/h4-6,9H,2-3,7-8,10H2,1H3. The average molecular weight is 350 g/mol. The number of rotatable bonds is 4. The Balaban J connectivity index is 2.31. The minimum absolute atomic E-state index is 0.171. The summed E-state index contributed by atoms with van der Waals surface area (Å²) in [6.45, 7) is 0.582. The van der Waals surface area contributed by atoms with Gasteiger partial charge in [-0.1, -0.05) is 6.07 Å². The molecule has 0 aromatic heterocycles. The van der Waals surface area contributed by atoms with Crippen molar-refractivity contribution in [1.29, 1.82) is 0 Å². The molecule has 9 heteroatoms. The number of sulfonamides is 1. The molecule has 0 atom stereocenters. The van der Waals surface area contributed by atoms with Gasteiger partial charge in [-0.25, -0.2) is 8.42 Å². The zero-order chi connectivity index (χ0) is 17.3. The summed E-state index contributed by atoms with van der Waals surface area (Å²) >= 11 is 0. The highest BCUT2D eigenvalue weighted by atomic mass is 32.2.